The molecule has 1 rings (SSSR count). The van der Waals surface area contributed by atoms with Crippen LogP contribution in [0.15, 0.2) is 0 Å². The summed E-state index contributed by atoms with van der Waals surface area (Å²) in [5, 5.41) is 9.49. The summed E-state index contributed by atoms with van der Waals surface area (Å²) in [6.45, 7) is 2.55. The molecule has 0 spiro atoms. The molecule has 1 radical (unpaired) electrons. The van der Waals surface area contributed by atoms with Crippen molar-refractivity contribution in [1.82, 2.24) is 0 Å². The third kappa shape index (κ3) is 2.47. The van der Waals surface area contributed by atoms with Crippen LogP contribution in [0.25, 0.3) is 0 Å². The molecule has 1 aliphatic heterocycles. The first-order valence-electron chi connectivity index (χ1n) is 4.43. The lowest BCUT2D eigenvalue weighted by Crippen LogP contribution is -2.26. The smallest absolute Gasteiger partial charge is 0.149 e. The highest BCUT2D eigenvalue weighted by atomic mass is 16.5. The van der Waals surface area contributed by atoms with Crippen LogP contribution in [0.3, 0.4) is 0 Å². The second-order valence-electron chi connectivity index (χ2n) is 3.12. The molecule has 0 saturated carbocycles. The Morgan fingerprint density at radius 1 is 1.67 bits per heavy atom. The van der Waals surface area contributed by atoms with Gasteiger partial charge in [0, 0.05) is 13.1 Å². The Bertz CT molecular complexity index is 131. The van der Waals surface area contributed by atoms with Crippen molar-refractivity contribution in [1.29, 1.82) is 0 Å². The van der Waals surface area contributed by atoms with E-state index < -0.39 is 0 Å². The normalized spacial score (nSPS) is 35.4. The lowest BCUT2D eigenvalue weighted by atomic mass is 9.68. The minimum absolute atomic E-state index is 0.116. The molecule has 1 saturated heterocycles. The third-order valence-electron chi connectivity index (χ3n) is 2.08. The van der Waals surface area contributed by atoms with E-state index in [9.17, 15) is 5.11 Å². The number of methoxy groups -OCH3 is 1. The second-order valence-corrected chi connectivity index (χ2v) is 3.12. The maximum atomic E-state index is 9.49. The van der Waals surface area contributed by atoms with Crippen molar-refractivity contribution in [2.24, 2.45) is 0 Å². The molecule has 0 bridgehead atoms. The van der Waals surface area contributed by atoms with E-state index >= 15 is 0 Å². The largest absolute Gasteiger partial charge is 0.390 e. The summed E-state index contributed by atoms with van der Waals surface area (Å²) in [5.41, 5.74) is 0. The van der Waals surface area contributed by atoms with E-state index in [0.717, 1.165) is 6.32 Å². The van der Waals surface area contributed by atoms with E-state index in [1.54, 1.807) is 7.11 Å². The van der Waals surface area contributed by atoms with Crippen molar-refractivity contribution in [3.8, 4) is 0 Å². The Labute approximate surface area is 74.3 Å². The molecule has 3 nitrogen and oxygen atoms in total. The summed E-state index contributed by atoms with van der Waals surface area (Å²) in [5.74, 6) is 0. The molecule has 69 valence electrons. The van der Waals surface area contributed by atoms with E-state index in [-0.39, 0.29) is 18.2 Å². The molecule has 0 aromatic carbocycles. The van der Waals surface area contributed by atoms with Crippen molar-refractivity contribution < 1.29 is 14.6 Å². The molecule has 0 aromatic heterocycles. The predicted octanol–water partition coefficient (Wildman–Crippen LogP) is 0.251. The summed E-state index contributed by atoms with van der Waals surface area (Å²) < 4.78 is 10.4. The Morgan fingerprint density at radius 2 is 2.42 bits per heavy atom. The number of aliphatic hydroxyl groups is 1. The Hall–Kier alpha value is -0.0551. The van der Waals surface area contributed by atoms with Gasteiger partial charge in [-0.3, -0.25) is 0 Å². The monoisotopic (exact) mass is 171 g/mol. The maximum Gasteiger partial charge on any atom is 0.149 e. The van der Waals surface area contributed by atoms with Gasteiger partial charge in [-0.2, -0.15) is 0 Å². The van der Waals surface area contributed by atoms with Crippen LogP contribution in [0.5, 0.6) is 0 Å². The number of hydrogen-bond donors (Lipinski definition) is 1. The van der Waals surface area contributed by atoms with Gasteiger partial charge in [0.1, 0.15) is 13.4 Å². The average molecular weight is 171 g/mol. The first-order valence-corrected chi connectivity index (χ1v) is 4.43. The molecule has 3 atom stereocenters. The van der Waals surface area contributed by atoms with Gasteiger partial charge in [-0.15, -0.1) is 0 Å². The second kappa shape index (κ2) is 4.85. The molecule has 1 heterocycles. The molecule has 1 aliphatic rings. The molecule has 1 N–H and O–H groups in total. The Balaban J connectivity index is 2.29. The van der Waals surface area contributed by atoms with Gasteiger partial charge in [-0.25, -0.2) is 0 Å². The van der Waals surface area contributed by atoms with Crippen molar-refractivity contribution in [2.45, 2.75) is 37.9 Å². The standard InChI is InChI=1S/C8H16BO3/c1-3-9-8-4-6(10)7(12-8)5-11-2/h6-8,10H,3-5H2,1-2H3. The van der Waals surface area contributed by atoms with Gasteiger partial charge in [0.25, 0.3) is 0 Å². The van der Waals surface area contributed by atoms with Gasteiger partial charge >= 0.3 is 0 Å². The van der Waals surface area contributed by atoms with Gasteiger partial charge in [0.2, 0.25) is 0 Å². The van der Waals surface area contributed by atoms with Crippen LogP contribution in [0, 0.1) is 0 Å². The molecule has 0 aliphatic carbocycles. The fourth-order valence-corrected chi connectivity index (χ4v) is 1.49. The van der Waals surface area contributed by atoms with Crippen LogP contribution in [-0.4, -0.2) is 44.3 Å². The van der Waals surface area contributed by atoms with Crippen LogP contribution in [-0.2, 0) is 9.47 Å². The van der Waals surface area contributed by atoms with Gasteiger partial charge in [-0.1, -0.05) is 13.2 Å². The number of rotatable bonds is 4. The van der Waals surface area contributed by atoms with Gasteiger partial charge in [-0.05, 0) is 6.42 Å². The van der Waals surface area contributed by atoms with E-state index in [2.05, 4.69) is 14.2 Å². The first kappa shape index (κ1) is 10.0. The Morgan fingerprint density at radius 3 is 3.00 bits per heavy atom. The zero-order chi connectivity index (χ0) is 8.97. The molecular formula is C8H16BO3. The molecule has 3 unspecified atom stereocenters. The first-order chi connectivity index (χ1) is 5.77. The highest BCUT2D eigenvalue weighted by Gasteiger charge is 2.32. The van der Waals surface area contributed by atoms with Crippen molar-refractivity contribution in [3.63, 3.8) is 0 Å². The fourth-order valence-electron chi connectivity index (χ4n) is 1.49. The van der Waals surface area contributed by atoms with Gasteiger partial charge in [0.05, 0.1) is 12.7 Å². The summed E-state index contributed by atoms with van der Waals surface area (Å²) in [7, 11) is 3.70. The highest BCUT2D eigenvalue weighted by molar-refractivity contribution is 6.37. The fraction of sp³-hybridized carbons (Fsp3) is 1.00. The zero-order valence-electron chi connectivity index (χ0n) is 7.69. The minimum atomic E-state index is -0.363. The summed E-state index contributed by atoms with van der Waals surface area (Å²) >= 11 is 0. The molecule has 12 heavy (non-hydrogen) atoms. The van der Waals surface area contributed by atoms with Crippen LogP contribution < -0.4 is 0 Å². The van der Waals surface area contributed by atoms with E-state index in [4.69, 9.17) is 9.47 Å². The summed E-state index contributed by atoms with van der Waals surface area (Å²) in [6, 6.07) is 0.116. The summed E-state index contributed by atoms with van der Waals surface area (Å²) in [4.78, 5) is 0. The number of aliphatic hydroxyl groups excluding tert-OH is 1. The molecular weight excluding hydrogens is 155 g/mol. The lowest BCUT2D eigenvalue weighted by molar-refractivity contribution is -0.0179. The van der Waals surface area contributed by atoms with Gasteiger partial charge in [0.15, 0.2) is 0 Å². The summed E-state index contributed by atoms with van der Waals surface area (Å²) in [6.07, 6.45) is 1.19. The molecule has 0 amide bonds. The van der Waals surface area contributed by atoms with Gasteiger partial charge < -0.3 is 14.6 Å². The van der Waals surface area contributed by atoms with Crippen molar-refractivity contribution in [3.05, 3.63) is 0 Å². The van der Waals surface area contributed by atoms with Crippen LogP contribution in [0.2, 0.25) is 6.32 Å². The average Bonchev–Trinajstić information content (AvgIpc) is 2.34. The quantitative estimate of drug-likeness (QED) is 0.616. The molecule has 4 heteroatoms. The van der Waals surface area contributed by atoms with Crippen LogP contribution in [0.1, 0.15) is 13.3 Å². The number of ether oxygens (including phenoxy) is 2. The molecule has 0 aromatic rings. The van der Waals surface area contributed by atoms with Crippen LogP contribution in [0.4, 0.5) is 0 Å². The van der Waals surface area contributed by atoms with Crippen molar-refractivity contribution >= 4 is 7.28 Å². The SMILES string of the molecule is CC[B]C1CC(O)C(COC)O1. The Kier molecular flexibility index (Phi) is 4.05. The minimum Gasteiger partial charge on any atom is -0.390 e. The van der Waals surface area contributed by atoms with Crippen LogP contribution >= 0.6 is 0 Å². The zero-order valence-corrected chi connectivity index (χ0v) is 7.69. The van der Waals surface area contributed by atoms with E-state index in [1.807, 2.05) is 0 Å². The topological polar surface area (TPSA) is 38.7 Å². The maximum absolute atomic E-state index is 9.49. The number of hydrogen-bond acceptors (Lipinski definition) is 3. The third-order valence-corrected chi connectivity index (χ3v) is 2.08. The highest BCUT2D eigenvalue weighted by Crippen LogP contribution is 2.20. The lowest BCUT2D eigenvalue weighted by Gasteiger charge is -2.12. The van der Waals surface area contributed by atoms with Crippen molar-refractivity contribution in [2.75, 3.05) is 13.7 Å². The van der Waals surface area contributed by atoms with E-state index in [0.29, 0.717) is 13.0 Å². The molecule has 1 fully saturated rings. The predicted molar refractivity (Wildman–Crippen MR) is 47.4 cm³/mol. The van der Waals surface area contributed by atoms with E-state index in [1.165, 1.54) is 0 Å².